The van der Waals surface area contributed by atoms with Gasteiger partial charge in [-0.15, -0.1) is 11.3 Å². The summed E-state index contributed by atoms with van der Waals surface area (Å²) < 4.78 is 25.6. The van der Waals surface area contributed by atoms with Crippen LogP contribution < -0.4 is 5.32 Å². The lowest BCUT2D eigenvalue weighted by Gasteiger charge is -2.35. The van der Waals surface area contributed by atoms with Crippen LogP contribution in [0.1, 0.15) is 22.5 Å². The number of amides is 1. The van der Waals surface area contributed by atoms with Gasteiger partial charge in [0.05, 0.1) is 6.20 Å². The highest BCUT2D eigenvalue weighted by Crippen LogP contribution is 2.37. The van der Waals surface area contributed by atoms with Crippen molar-refractivity contribution in [3.63, 3.8) is 0 Å². The summed E-state index contributed by atoms with van der Waals surface area (Å²) in [6.07, 6.45) is 0.887. The van der Waals surface area contributed by atoms with Gasteiger partial charge < -0.3 is 5.32 Å². The zero-order chi connectivity index (χ0) is 11.1. The van der Waals surface area contributed by atoms with E-state index in [2.05, 4.69) is 26.2 Å². The Labute approximate surface area is 97.0 Å². The molecule has 0 aliphatic heterocycles. The van der Waals surface area contributed by atoms with Crippen molar-refractivity contribution in [2.24, 2.45) is 0 Å². The van der Waals surface area contributed by atoms with Crippen LogP contribution in [-0.2, 0) is 0 Å². The molecule has 1 saturated carbocycles. The van der Waals surface area contributed by atoms with Crippen molar-refractivity contribution in [1.29, 1.82) is 0 Å². The molecule has 0 unspecified atom stereocenters. The third-order valence-corrected chi connectivity index (χ3v) is 3.60. The highest BCUT2D eigenvalue weighted by Gasteiger charge is 2.46. The van der Waals surface area contributed by atoms with Crippen LogP contribution in [0.15, 0.2) is 10.1 Å². The van der Waals surface area contributed by atoms with E-state index in [1.54, 1.807) is 0 Å². The minimum Gasteiger partial charge on any atom is -0.348 e. The molecule has 2 rings (SSSR count). The molecule has 0 atom stereocenters. The maximum Gasteiger partial charge on any atom is 0.263 e. The fraction of sp³-hybridized carbons (Fsp3) is 0.500. The summed E-state index contributed by atoms with van der Waals surface area (Å²) in [6.45, 7) is 0. The van der Waals surface area contributed by atoms with E-state index in [0.717, 1.165) is 0 Å². The summed E-state index contributed by atoms with van der Waals surface area (Å²) in [5, 5.41) is 2.53. The fourth-order valence-electron chi connectivity index (χ4n) is 1.38. The molecule has 1 heterocycles. The summed E-state index contributed by atoms with van der Waals surface area (Å²) in [6, 6.07) is -0.409. The second-order valence-electron chi connectivity index (χ2n) is 3.41. The number of nitrogens with one attached hydrogen (secondary N) is 1. The van der Waals surface area contributed by atoms with Crippen LogP contribution in [0.5, 0.6) is 0 Å². The lowest BCUT2D eigenvalue weighted by molar-refractivity contribution is -0.0901. The Kier molecular flexibility index (Phi) is 2.76. The molecule has 0 aromatic carbocycles. The van der Waals surface area contributed by atoms with Crippen LogP contribution >= 0.6 is 27.3 Å². The van der Waals surface area contributed by atoms with E-state index in [-0.39, 0.29) is 18.7 Å². The topological polar surface area (TPSA) is 42.0 Å². The van der Waals surface area contributed by atoms with Gasteiger partial charge in [0.15, 0.2) is 3.92 Å². The first-order chi connectivity index (χ1) is 6.96. The van der Waals surface area contributed by atoms with Crippen LogP contribution in [-0.4, -0.2) is 22.9 Å². The van der Waals surface area contributed by atoms with Crippen molar-refractivity contribution in [2.75, 3.05) is 0 Å². The molecule has 1 amide bonds. The Morgan fingerprint density at radius 3 is 2.80 bits per heavy atom. The van der Waals surface area contributed by atoms with E-state index in [0.29, 0.717) is 8.79 Å². The van der Waals surface area contributed by atoms with Crippen LogP contribution in [0, 0.1) is 0 Å². The highest BCUT2D eigenvalue weighted by atomic mass is 79.9. The van der Waals surface area contributed by atoms with Crippen molar-refractivity contribution in [3.05, 3.63) is 15.0 Å². The summed E-state index contributed by atoms with van der Waals surface area (Å²) in [5.74, 6) is -2.94. The first-order valence-electron chi connectivity index (χ1n) is 4.26. The van der Waals surface area contributed by atoms with Gasteiger partial charge in [0.2, 0.25) is 0 Å². The Morgan fingerprint density at radius 1 is 1.67 bits per heavy atom. The zero-order valence-electron chi connectivity index (χ0n) is 7.47. The first-order valence-corrected chi connectivity index (χ1v) is 5.87. The molecule has 0 radical (unpaired) electrons. The quantitative estimate of drug-likeness (QED) is 0.911. The molecule has 0 bridgehead atoms. The van der Waals surface area contributed by atoms with Crippen molar-refractivity contribution in [1.82, 2.24) is 10.3 Å². The van der Waals surface area contributed by atoms with Crippen LogP contribution in [0.3, 0.4) is 0 Å². The summed E-state index contributed by atoms with van der Waals surface area (Å²) in [4.78, 5) is 15.7. The third kappa shape index (κ3) is 2.52. The van der Waals surface area contributed by atoms with Crippen LogP contribution in [0.25, 0.3) is 0 Å². The van der Waals surface area contributed by atoms with E-state index < -0.39 is 12.0 Å². The minimum absolute atomic E-state index is 0.265. The van der Waals surface area contributed by atoms with E-state index in [9.17, 15) is 13.6 Å². The molecular weight excluding hydrogens is 290 g/mol. The van der Waals surface area contributed by atoms with E-state index in [1.165, 1.54) is 17.5 Å². The number of halogens is 3. The normalized spacial score (nSPS) is 19.7. The lowest BCUT2D eigenvalue weighted by Crippen LogP contribution is -2.50. The second kappa shape index (κ2) is 3.79. The average Bonchev–Trinajstić information content (AvgIpc) is 2.48. The maximum atomic E-state index is 12.5. The first kappa shape index (κ1) is 10.9. The largest absolute Gasteiger partial charge is 0.348 e. The number of hydrogen-bond acceptors (Lipinski definition) is 3. The molecule has 0 spiro atoms. The van der Waals surface area contributed by atoms with E-state index in [4.69, 9.17) is 0 Å². The van der Waals surface area contributed by atoms with Crippen LogP contribution in [0.2, 0.25) is 0 Å². The zero-order valence-corrected chi connectivity index (χ0v) is 9.87. The predicted octanol–water partition coefficient (Wildman–Crippen LogP) is 2.43. The average molecular weight is 297 g/mol. The highest BCUT2D eigenvalue weighted by molar-refractivity contribution is 9.11. The van der Waals surface area contributed by atoms with Gasteiger partial charge in [-0.05, 0) is 15.9 Å². The molecule has 1 aliphatic carbocycles. The number of nitrogens with zero attached hydrogens (tertiary/aromatic N) is 1. The molecule has 3 nitrogen and oxygen atoms in total. The van der Waals surface area contributed by atoms with Gasteiger partial charge in [0.25, 0.3) is 11.8 Å². The SMILES string of the molecule is O=C(NC1CC(F)(F)C1)c1cnc(Br)s1. The number of aromatic nitrogens is 1. The van der Waals surface area contributed by atoms with Crippen molar-refractivity contribution < 1.29 is 13.6 Å². The molecule has 15 heavy (non-hydrogen) atoms. The molecule has 1 fully saturated rings. The van der Waals surface area contributed by atoms with Gasteiger partial charge in [-0.2, -0.15) is 0 Å². The monoisotopic (exact) mass is 296 g/mol. The minimum atomic E-state index is -2.60. The fourth-order valence-corrected chi connectivity index (χ4v) is 2.55. The van der Waals surface area contributed by atoms with E-state index in [1.807, 2.05) is 0 Å². The maximum absolute atomic E-state index is 12.5. The Bertz CT molecular complexity index is 388. The van der Waals surface area contributed by atoms with Gasteiger partial charge in [-0.1, -0.05) is 0 Å². The number of carbonyl (C=O) groups excluding carboxylic acids is 1. The van der Waals surface area contributed by atoms with Gasteiger partial charge in [-0.25, -0.2) is 13.8 Å². The predicted molar refractivity (Wildman–Crippen MR) is 55.2 cm³/mol. The van der Waals surface area contributed by atoms with Crippen molar-refractivity contribution in [3.8, 4) is 0 Å². The summed E-state index contributed by atoms with van der Waals surface area (Å²) >= 11 is 4.30. The molecule has 1 aromatic rings. The lowest BCUT2D eigenvalue weighted by atomic mass is 9.88. The van der Waals surface area contributed by atoms with Gasteiger partial charge >= 0.3 is 0 Å². The molecule has 1 N–H and O–H groups in total. The van der Waals surface area contributed by atoms with Gasteiger partial charge in [0, 0.05) is 18.9 Å². The number of rotatable bonds is 2. The van der Waals surface area contributed by atoms with Gasteiger partial charge in [0.1, 0.15) is 4.88 Å². The molecular formula is C8H7BrF2N2OS. The Balaban J connectivity index is 1.89. The molecule has 0 saturated heterocycles. The third-order valence-electron chi connectivity index (χ3n) is 2.13. The molecule has 82 valence electrons. The standard InChI is InChI=1S/C8H7BrF2N2OS/c9-7-12-3-5(15-7)6(14)13-4-1-8(10,11)2-4/h3-4H,1-2H2,(H,13,14). The second-order valence-corrected chi connectivity index (χ2v) is 5.72. The smallest absolute Gasteiger partial charge is 0.263 e. The molecule has 1 aromatic heterocycles. The number of carbonyl (C=O) groups is 1. The van der Waals surface area contributed by atoms with Gasteiger partial charge in [-0.3, -0.25) is 4.79 Å². The number of alkyl halides is 2. The molecule has 7 heteroatoms. The summed E-state index contributed by atoms with van der Waals surface area (Å²) in [5.41, 5.74) is 0. The Morgan fingerprint density at radius 2 is 2.33 bits per heavy atom. The van der Waals surface area contributed by atoms with E-state index >= 15 is 0 Å². The number of thiazole rings is 1. The van der Waals surface area contributed by atoms with Crippen molar-refractivity contribution in [2.45, 2.75) is 24.8 Å². The van der Waals surface area contributed by atoms with Crippen molar-refractivity contribution >= 4 is 33.2 Å². The number of hydrogen-bond donors (Lipinski definition) is 1. The molecule has 1 aliphatic rings. The van der Waals surface area contributed by atoms with Crippen LogP contribution in [0.4, 0.5) is 8.78 Å². The summed E-state index contributed by atoms with van der Waals surface area (Å²) in [7, 11) is 0. The Hall–Kier alpha value is -0.560.